The molecule has 3 N–H and O–H groups in total. The van der Waals surface area contributed by atoms with Gasteiger partial charge in [-0.2, -0.15) is 0 Å². The third kappa shape index (κ3) is 3.89. The van der Waals surface area contributed by atoms with Gasteiger partial charge >= 0.3 is 5.95 Å². The summed E-state index contributed by atoms with van der Waals surface area (Å²) >= 11 is 0. The van der Waals surface area contributed by atoms with Gasteiger partial charge in [-0.25, -0.2) is 9.55 Å². The number of hydrogen-bond donors (Lipinski definition) is 3. The van der Waals surface area contributed by atoms with Gasteiger partial charge in [0.05, 0.1) is 19.8 Å². The molecule has 4 rings (SSSR count). The molecular weight excluding hydrogens is 324 g/mol. The zero-order valence-electron chi connectivity index (χ0n) is 15.4. The van der Waals surface area contributed by atoms with Crippen molar-refractivity contribution in [2.24, 2.45) is 0 Å². The fourth-order valence-electron chi connectivity index (χ4n) is 3.57. The molecule has 0 unspecified atom stereocenters. The van der Waals surface area contributed by atoms with Gasteiger partial charge in [0.2, 0.25) is 0 Å². The third-order valence-electron chi connectivity index (χ3n) is 5.19. The van der Waals surface area contributed by atoms with Crippen molar-refractivity contribution in [1.29, 1.82) is 0 Å². The second kappa shape index (κ2) is 7.89. The number of anilines is 1. The molecule has 2 heterocycles. The van der Waals surface area contributed by atoms with Crippen molar-refractivity contribution in [3.63, 3.8) is 0 Å². The summed E-state index contributed by atoms with van der Waals surface area (Å²) in [5, 5.41) is 3.60. The summed E-state index contributed by atoms with van der Waals surface area (Å²) in [5.74, 6) is 1.08. The molecule has 2 aromatic carbocycles. The van der Waals surface area contributed by atoms with Crippen LogP contribution in [0.15, 0.2) is 48.5 Å². The molecule has 0 radical (unpaired) electrons. The molecule has 1 saturated heterocycles. The molecule has 26 heavy (non-hydrogen) atoms. The van der Waals surface area contributed by atoms with Crippen molar-refractivity contribution in [3.8, 4) is 0 Å². The minimum atomic E-state index is 0.817. The number of quaternary nitrogens is 1. The van der Waals surface area contributed by atoms with E-state index in [9.17, 15) is 0 Å². The van der Waals surface area contributed by atoms with E-state index in [4.69, 9.17) is 4.74 Å². The van der Waals surface area contributed by atoms with E-state index in [1.165, 1.54) is 22.2 Å². The Balaban J connectivity index is 1.51. The number of nitrogens with zero attached hydrogens (tertiary/aromatic N) is 1. The van der Waals surface area contributed by atoms with Crippen molar-refractivity contribution in [2.75, 3.05) is 38.2 Å². The highest BCUT2D eigenvalue weighted by Crippen LogP contribution is 2.13. The second-order valence-corrected chi connectivity index (χ2v) is 7.09. The van der Waals surface area contributed by atoms with Crippen LogP contribution < -0.4 is 14.8 Å². The van der Waals surface area contributed by atoms with Crippen LogP contribution in [0.5, 0.6) is 0 Å². The minimum absolute atomic E-state index is 0.817. The predicted octanol–water partition coefficient (Wildman–Crippen LogP) is 1.29. The zero-order chi connectivity index (χ0) is 17.8. The summed E-state index contributed by atoms with van der Waals surface area (Å²) < 4.78 is 7.86. The third-order valence-corrected chi connectivity index (χ3v) is 5.19. The molecule has 3 aromatic rings. The maximum Gasteiger partial charge on any atom is 0.356 e. The zero-order valence-corrected chi connectivity index (χ0v) is 15.4. The topological polar surface area (TPSA) is 45.4 Å². The molecule has 5 nitrogen and oxygen atoms in total. The molecule has 0 spiro atoms. The number of nitrogens with one attached hydrogen (secondary N) is 3. The van der Waals surface area contributed by atoms with E-state index in [1.807, 2.05) is 0 Å². The van der Waals surface area contributed by atoms with Crippen molar-refractivity contribution in [2.45, 2.75) is 20.0 Å². The summed E-state index contributed by atoms with van der Waals surface area (Å²) in [6, 6.07) is 17.2. The van der Waals surface area contributed by atoms with Gasteiger partial charge in [0.1, 0.15) is 37.2 Å². The van der Waals surface area contributed by atoms with Gasteiger partial charge in [-0.3, -0.25) is 5.32 Å². The Morgan fingerprint density at radius 1 is 1.08 bits per heavy atom. The number of benzene rings is 2. The van der Waals surface area contributed by atoms with Crippen molar-refractivity contribution < 1.29 is 14.2 Å². The van der Waals surface area contributed by atoms with Crippen LogP contribution in [0.3, 0.4) is 0 Å². The van der Waals surface area contributed by atoms with Gasteiger partial charge in [-0.1, -0.05) is 42.0 Å². The lowest BCUT2D eigenvalue weighted by molar-refractivity contribution is -0.923. The number of aryl methyl sites for hydroxylation is 1. The lowest BCUT2D eigenvalue weighted by atomic mass is 10.1. The van der Waals surface area contributed by atoms with Crippen molar-refractivity contribution in [3.05, 3.63) is 59.7 Å². The molecule has 1 fully saturated rings. The molecule has 136 valence electrons. The standard InChI is InChI=1S/C21H26N4O/c1-17-6-8-18(9-7-17)16-22-21-23-19-4-2-3-5-20(19)25(21)11-10-24-12-14-26-15-13-24/h2-9H,10-16H2,1H3,(H,22,23)/p+2. The maximum atomic E-state index is 5.48. The largest absolute Gasteiger partial charge is 0.370 e. The Bertz CT molecular complexity index is 850. The van der Waals surface area contributed by atoms with E-state index < -0.39 is 0 Å². The summed E-state index contributed by atoms with van der Waals surface area (Å²) in [7, 11) is 0. The van der Waals surface area contributed by atoms with Crippen LogP contribution in [0.25, 0.3) is 11.0 Å². The Morgan fingerprint density at radius 2 is 1.85 bits per heavy atom. The first-order valence-corrected chi connectivity index (χ1v) is 9.51. The van der Waals surface area contributed by atoms with E-state index in [0.717, 1.165) is 51.9 Å². The number of rotatable bonds is 6. The monoisotopic (exact) mass is 352 g/mol. The van der Waals surface area contributed by atoms with Crippen LogP contribution in [-0.4, -0.2) is 37.8 Å². The number of morpholine rings is 1. The number of aromatic amines is 1. The SMILES string of the molecule is Cc1ccc(CNc2[nH]c3ccccc3[n+]2CC[NH+]2CCOCC2)cc1. The smallest absolute Gasteiger partial charge is 0.356 e. The van der Waals surface area contributed by atoms with Crippen LogP contribution in [0.4, 0.5) is 5.95 Å². The summed E-state index contributed by atoms with van der Waals surface area (Å²) in [5.41, 5.74) is 5.02. The highest BCUT2D eigenvalue weighted by molar-refractivity contribution is 5.72. The van der Waals surface area contributed by atoms with Gasteiger partial charge in [0.25, 0.3) is 0 Å². The average molecular weight is 352 g/mol. The lowest BCUT2D eigenvalue weighted by Crippen LogP contribution is -3.14. The van der Waals surface area contributed by atoms with E-state index in [-0.39, 0.29) is 0 Å². The van der Waals surface area contributed by atoms with Crippen molar-refractivity contribution in [1.82, 2.24) is 4.98 Å². The predicted molar refractivity (Wildman–Crippen MR) is 103 cm³/mol. The van der Waals surface area contributed by atoms with Crippen molar-refractivity contribution >= 4 is 17.0 Å². The van der Waals surface area contributed by atoms with Crippen LogP contribution in [0.2, 0.25) is 0 Å². The molecule has 0 saturated carbocycles. The van der Waals surface area contributed by atoms with E-state index in [0.29, 0.717) is 0 Å². The molecule has 0 bridgehead atoms. The lowest BCUT2D eigenvalue weighted by Gasteiger charge is -2.23. The molecule has 0 aliphatic carbocycles. The fraction of sp³-hybridized carbons (Fsp3) is 0.381. The maximum absolute atomic E-state index is 5.48. The van der Waals surface area contributed by atoms with Crippen LogP contribution in [0.1, 0.15) is 11.1 Å². The normalized spacial score (nSPS) is 15.4. The number of fused-ring (bicyclic) bond motifs is 1. The first-order valence-electron chi connectivity index (χ1n) is 9.51. The Morgan fingerprint density at radius 3 is 2.65 bits per heavy atom. The Kier molecular flexibility index (Phi) is 5.18. The number of para-hydroxylation sites is 2. The minimum Gasteiger partial charge on any atom is -0.370 e. The Labute approximate surface area is 154 Å². The molecule has 1 aromatic heterocycles. The molecular formula is C21H28N4O+2. The fourth-order valence-corrected chi connectivity index (χ4v) is 3.57. The number of ether oxygens (including phenoxy) is 1. The highest BCUT2D eigenvalue weighted by Gasteiger charge is 2.20. The Hall–Kier alpha value is -2.37. The molecule has 1 aliphatic heterocycles. The average Bonchev–Trinajstić information content (AvgIpc) is 3.04. The summed E-state index contributed by atoms with van der Waals surface area (Å²) in [6.45, 7) is 9.03. The van der Waals surface area contributed by atoms with E-state index in [1.54, 1.807) is 4.90 Å². The first-order chi connectivity index (χ1) is 12.8. The second-order valence-electron chi connectivity index (χ2n) is 7.09. The highest BCUT2D eigenvalue weighted by atomic mass is 16.5. The van der Waals surface area contributed by atoms with Gasteiger partial charge in [-0.15, -0.1) is 0 Å². The summed E-state index contributed by atoms with van der Waals surface area (Å²) in [6.07, 6.45) is 0. The van der Waals surface area contributed by atoms with Gasteiger partial charge < -0.3 is 9.64 Å². The number of imidazole rings is 1. The van der Waals surface area contributed by atoms with E-state index in [2.05, 4.69) is 70.3 Å². The van der Waals surface area contributed by atoms with E-state index >= 15 is 0 Å². The quantitative estimate of drug-likeness (QED) is 0.586. The molecule has 0 amide bonds. The number of hydrogen-bond acceptors (Lipinski definition) is 2. The first kappa shape index (κ1) is 17.1. The van der Waals surface area contributed by atoms with Gasteiger partial charge in [-0.05, 0) is 24.6 Å². The molecule has 0 atom stereocenters. The van der Waals surface area contributed by atoms with Gasteiger partial charge in [0.15, 0.2) is 0 Å². The van der Waals surface area contributed by atoms with Gasteiger partial charge in [0, 0.05) is 0 Å². The van der Waals surface area contributed by atoms with Crippen LogP contribution >= 0.6 is 0 Å². The van der Waals surface area contributed by atoms with Crippen LogP contribution in [-0.2, 0) is 17.8 Å². The number of aromatic nitrogens is 2. The molecule has 1 aliphatic rings. The van der Waals surface area contributed by atoms with Crippen LogP contribution in [0, 0.1) is 6.92 Å². The summed E-state index contributed by atoms with van der Waals surface area (Å²) in [4.78, 5) is 5.18. The number of H-pyrrole nitrogens is 1. The molecule has 5 heteroatoms.